The van der Waals surface area contributed by atoms with Crippen molar-refractivity contribution in [1.82, 2.24) is 5.32 Å². The first-order valence-corrected chi connectivity index (χ1v) is 9.27. The maximum Gasteiger partial charge on any atom is 0.0453 e. The Morgan fingerprint density at radius 2 is 2.00 bits per heavy atom. The Morgan fingerprint density at radius 3 is 2.68 bits per heavy atom. The first-order valence-electron chi connectivity index (χ1n) is 7.17. The van der Waals surface area contributed by atoms with Gasteiger partial charge < -0.3 is 5.32 Å². The third-order valence-electron chi connectivity index (χ3n) is 3.76. The highest BCUT2D eigenvalue weighted by Crippen LogP contribution is 2.39. The van der Waals surface area contributed by atoms with E-state index in [2.05, 4.69) is 74.7 Å². The molecular formula is C16H25NS2. The maximum absolute atomic E-state index is 3.73. The van der Waals surface area contributed by atoms with Gasteiger partial charge in [-0.3, -0.25) is 0 Å². The molecule has 2 rings (SSSR count). The van der Waals surface area contributed by atoms with Gasteiger partial charge in [0, 0.05) is 28.0 Å². The molecule has 0 saturated carbocycles. The van der Waals surface area contributed by atoms with Crippen molar-refractivity contribution in [2.24, 2.45) is 0 Å². The highest BCUT2D eigenvalue weighted by atomic mass is 32.2. The van der Waals surface area contributed by atoms with Gasteiger partial charge in [0.05, 0.1) is 0 Å². The Balaban J connectivity index is 2.30. The molecule has 106 valence electrons. The van der Waals surface area contributed by atoms with E-state index in [1.165, 1.54) is 28.2 Å². The highest BCUT2D eigenvalue weighted by molar-refractivity contribution is 8.07. The molecular weight excluding hydrogens is 270 g/mol. The lowest BCUT2D eigenvalue weighted by Crippen LogP contribution is -2.38. The van der Waals surface area contributed by atoms with E-state index in [1.54, 1.807) is 0 Å². The lowest BCUT2D eigenvalue weighted by molar-refractivity contribution is 0.523. The van der Waals surface area contributed by atoms with Gasteiger partial charge in [0.1, 0.15) is 0 Å². The van der Waals surface area contributed by atoms with E-state index in [0.717, 1.165) is 11.8 Å². The van der Waals surface area contributed by atoms with E-state index in [0.29, 0.717) is 11.3 Å². The summed E-state index contributed by atoms with van der Waals surface area (Å²) in [5.41, 5.74) is 4.28. The number of aryl methyl sites for hydroxylation is 2. The molecule has 19 heavy (non-hydrogen) atoms. The maximum atomic E-state index is 3.73. The molecule has 1 aromatic rings. The molecule has 3 heteroatoms. The Bertz CT molecular complexity index is 419. The highest BCUT2D eigenvalue weighted by Gasteiger charge is 2.31. The summed E-state index contributed by atoms with van der Waals surface area (Å²) in [5.74, 6) is 2.58. The van der Waals surface area contributed by atoms with Crippen LogP contribution in [0, 0.1) is 13.8 Å². The van der Waals surface area contributed by atoms with Crippen LogP contribution in [0.25, 0.3) is 0 Å². The summed E-state index contributed by atoms with van der Waals surface area (Å²) in [5, 5.41) is 5.14. The molecule has 3 unspecified atom stereocenters. The van der Waals surface area contributed by atoms with Crippen molar-refractivity contribution in [1.29, 1.82) is 0 Å². The van der Waals surface area contributed by atoms with Gasteiger partial charge in [-0.15, -0.1) is 0 Å². The number of nitrogens with one attached hydrogen (secondary N) is 1. The molecule has 0 amide bonds. The molecule has 0 radical (unpaired) electrons. The summed E-state index contributed by atoms with van der Waals surface area (Å²) >= 11 is 4.27. The van der Waals surface area contributed by atoms with Crippen molar-refractivity contribution >= 4 is 23.5 Å². The minimum atomic E-state index is 0.484. The number of thioether (sulfide) groups is 2. The summed E-state index contributed by atoms with van der Waals surface area (Å²) in [7, 11) is 0. The fraction of sp³-hybridized carbons (Fsp3) is 0.625. The van der Waals surface area contributed by atoms with E-state index >= 15 is 0 Å². The fourth-order valence-electron chi connectivity index (χ4n) is 2.73. The number of hydrogen-bond donors (Lipinski definition) is 1. The predicted octanol–water partition coefficient (Wildman–Crippen LogP) is 4.19. The fourth-order valence-corrected chi connectivity index (χ4v) is 5.67. The van der Waals surface area contributed by atoms with Crippen LogP contribution in [0.1, 0.15) is 36.6 Å². The van der Waals surface area contributed by atoms with Crippen LogP contribution in [0.4, 0.5) is 0 Å². The summed E-state index contributed by atoms with van der Waals surface area (Å²) in [6.07, 6.45) is 0. The minimum Gasteiger partial charge on any atom is -0.309 e. The van der Waals surface area contributed by atoms with Crippen LogP contribution < -0.4 is 5.32 Å². The SMILES string of the molecule is CCNC(c1cc(C)ccc1C)C1SCCSC1C. The summed E-state index contributed by atoms with van der Waals surface area (Å²) < 4.78 is 0. The van der Waals surface area contributed by atoms with Gasteiger partial charge in [0.2, 0.25) is 0 Å². The van der Waals surface area contributed by atoms with Crippen LogP contribution in [-0.4, -0.2) is 28.6 Å². The normalized spacial score (nSPS) is 25.3. The van der Waals surface area contributed by atoms with Crippen molar-refractivity contribution in [2.45, 2.75) is 44.2 Å². The van der Waals surface area contributed by atoms with Crippen molar-refractivity contribution in [3.63, 3.8) is 0 Å². The smallest absolute Gasteiger partial charge is 0.0453 e. The molecule has 1 aromatic carbocycles. The zero-order valence-corrected chi connectivity index (χ0v) is 14.0. The average Bonchev–Trinajstić information content (AvgIpc) is 2.40. The minimum absolute atomic E-state index is 0.484. The van der Waals surface area contributed by atoms with Gasteiger partial charge in [-0.25, -0.2) is 0 Å². The lowest BCUT2D eigenvalue weighted by Gasteiger charge is -2.36. The van der Waals surface area contributed by atoms with Gasteiger partial charge >= 0.3 is 0 Å². The zero-order valence-electron chi connectivity index (χ0n) is 12.4. The van der Waals surface area contributed by atoms with E-state index in [-0.39, 0.29) is 0 Å². The molecule has 0 aliphatic carbocycles. The molecule has 1 heterocycles. The third kappa shape index (κ3) is 3.71. The molecule has 1 fully saturated rings. The monoisotopic (exact) mass is 295 g/mol. The molecule has 0 bridgehead atoms. The molecule has 0 aromatic heterocycles. The van der Waals surface area contributed by atoms with Crippen LogP contribution in [0.2, 0.25) is 0 Å². The van der Waals surface area contributed by atoms with Crippen molar-refractivity contribution in [3.8, 4) is 0 Å². The van der Waals surface area contributed by atoms with Gasteiger partial charge in [0.15, 0.2) is 0 Å². The number of hydrogen-bond acceptors (Lipinski definition) is 3. The molecule has 1 saturated heterocycles. The van der Waals surface area contributed by atoms with Gasteiger partial charge in [-0.1, -0.05) is 37.6 Å². The quantitative estimate of drug-likeness (QED) is 0.894. The van der Waals surface area contributed by atoms with Crippen LogP contribution in [0.15, 0.2) is 18.2 Å². The van der Waals surface area contributed by atoms with Crippen LogP contribution in [-0.2, 0) is 0 Å². The van der Waals surface area contributed by atoms with Crippen molar-refractivity contribution in [2.75, 3.05) is 18.1 Å². The van der Waals surface area contributed by atoms with E-state index in [4.69, 9.17) is 0 Å². The Kier molecular flexibility index (Phi) is 5.67. The molecule has 1 aliphatic rings. The van der Waals surface area contributed by atoms with E-state index in [1.807, 2.05) is 0 Å². The zero-order chi connectivity index (χ0) is 13.8. The van der Waals surface area contributed by atoms with E-state index in [9.17, 15) is 0 Å². The molecule has 1 nitrogen and oxygen atoms in total. The van der Waals surface area contributed by atoms with Gasteiger partial charge in [-0.05, 0) is 31.5 Å². The molecule has 1 aliphatic heterocycles. The Labute approximate surface area is 126 Å². The van der Waals surface area contributed by atoms with Gasteiger partial charge in [-0.2, -0.15) is 23.5 Å². The van der Waals surface area contributed by atoms with E-state index < -0.39 is 0 Å². The van der Waals surface area contributed by atoms with Gasteiger partial charge in [0.25, 0.3) is 0 Å². The second kappa shape index (κ2) is 7.05. The standard InChI is InChI=1S/C16H25NS2/c1-5-17-15(16-13(4)18-8-9-19-16)14-10-11(2)6-7-12(14)3/h6-7,10,13,15-17H,5,8-9H2,1-4H3. The molecule has 3 atom stereocenters. The number of benzene rings is 1. The largest absolute Gasteiger partial charge is 0.309 e. The van der Waals surface area contributed by atoms with Crippen molar-refractivity contribution in [3.05, 3.63) is 34.9 Å². The third-order valence-corrected chi connectivity index (χ3v) is 6.95. The molecule has 1 N–H and O–H groups in total. The molecule has 0 spiro atoms. The second-order valence-corrected chi connectivity index (χ2v) is 8.08. The first kappa shape index (κ1) is 15.3. The topological polar surface area (TPSA) is 12.0 Å². The van der Waals surface area contributed by atoms with Crippen LogP contribution in [0.3, 0.4) is 0 Å². The number of rotatable bonds is 4. The Hall–Kier alpha value is -0.120. The second-order valence-electron chi connectivity index (χ2n) is 5.31. The Morgan fingerprint density at radius 1 is 1.26 bits per heavy atom. The van der Waals surface area contributed by atoms with Crippen LogP contribution >= 0.6 is 23.5 Å². The summed E-state index contributed by atoms with van der Waals surface area (Å²) in [6, 6.07) is 7.33. The predicted molar refractivity (Wildman–Crippen MR) is 90.5 cm³/mol. The van der Waals surface area contributed by atoms with Crippen LogP contribution in [0.5, 0.6) is 0 Å². The first-order chi connectivity index (χ1) is 9.13. The van der Waals surface area contributed by atoms with Crippen molar-refractivity contribution < 1.29 is 0 Å². The summed E-state index contributed by atoms with van der Waals surface area (Å²) in [4.78, 5) is 0. The average molecular weight is 296 g/mol. The summed E-state index contributed by atoms with van der Waals surface area (Å²) in [6.45, 7) is 10.1. The lowest BCUT2D eigenvalue weighted by atomic mass is 9.95.